The summed E-state index contributed by atoms with van der Waals surface area (Å²) in [5.74, 6) is 1.72. The summed E-state index contributed by atoms with van der Waals surface area (Å²) in [6.07, 6.45) is 3.13. The summed E-state index contributed by atoms with van der Waals surface area (Å²) >= 11 is 0. The number of aliphatic hydroxyl groups is 1. The Balaban J connectivity index is 1.41. The number of nitrogens with zero attached hydrogens (tertiary/aromatic N) is 6. The zero-order valence-corrected chi connectivity index (χ0v) is 14.3. The van der Waals surface area contributed by atoms with E-state index in [2.05, 4.69) is 24.9 Å². The minimum atomic E-state index is -0.448. The minimum absolute atomic E-state index is 0.448. The fourth-order valence-corrected chi connectivity index (χ4v) is 3.31. The molecule has 7 heteroatoms. The maximum atomic E-state index is 10.4. The molecule has 0 spiro atoms. The number of hydrogen-bond donors (Lipinski definition) is 1. The van der Waals surface area contributed by atoms with Gasteiger partial charge in [-0.2, -0.15) is 4.52 Å². The van der Waals surface area contributed by atoms with Gasteiger partial charge in [0, 0.05) is 32.7 Å². The number of aromatic nitrogens is 4. The molecule has 25 heavy (non-hydrogen) atoms. The fourth-order valence-electron chi connectivity index (χ4n) is 3.31. The Morgan fingerprint density at radius 1 is 1.08 bits per heavy atom. The highest BCUT2D eigenvalue weighted by atomic mass is 16.3. The van der Waals surface area contributed by atoms with Crippen LogP contribution in [0.4, 0.5) is 5.82 Å². The molecule has 1 atom stereocenters. The van der Waals surface area contributed by atoms with Crippen LogP contribution >= 0.6 is 0 Å². The number of aliphatic hydroxyl groups excluding tert-OH is 1. The molecule has 1 saturated heterocycles. The molecule has 0 bridgehead atoms. The van der Waals surface area contributed by atoms with E-state index in [-0.39, 0.29) is 0 Å². The number of fused-ring (bicyclic) bond motifs is 1. The van der Waals surface area contributed by atoms with E-state index in [0.717, 1.165) is 49.0 Å². The van der Waals surface area contributed by atoms with Crippen LogP contribution in [0.1, 0.15) is 17.5 Å². The van der Waals surface area contributed by atoms with Crippen molar-refractivity contribution >= 4 is 11.5 Å². The number of β-amino-alcohol motifs (C(OH)–C–C–N with tert-alkyl or cyclic N) is 1. The number of piperazine rings is 1. The monoisotopic (exact) mass is 338 g/mol. The van der Waals surface area contributed by atoms with Crippen LogP contribution in [0.5, 0.6) is 0 Å². The van der Waals surface area contributed by atoms with Crippen molar-refractivity contribution in [3.63, 3.8) is 0 Å². The van der Waals surface area contributed by atoms with E-state index in [1.54, 1.807) is 6.20 Å². The minimum Gasteiger partial charge on any atom is -0.387 e. The molecule has 1 aromatic carbocycles. The van der Waals surface area contributed by atoms with Gasteiger partial charge in [0.15, 0.2) is 11.5 Å². The van der Waals surface area contributed by atoms with E-state index in [1.165, 1.54) is 0 Å². The van der Waals surface area contributed by atoms with Crippen molar-refractivity contribution < 1.29 is 5.11 Å². The molecule has 1 aliphatic heterocycles. The van der Waals surface area contributed by atoms with Crippen molar-refractivity contribution in [3.05, 3.63) is 54.1 Å². The van der Waals surface area contributed by atoms with Gasteiger partial charge in [-0.3, -0.25) is 9.88 Å². The molecular formula is C18H22N6O. The lowest BCUT2D eigenvalue weighted by molar-refractivity contribution is 0.109. The summed E-state index contributed by atoms with van der Waals surface area (Å²) in [7, 11) is 0. The lowest BCUT2D eigenvalue weighted by Crippen LogP contribution is -2.48. The Bertz CT molecular complexity index is 841. The van der Waals surface area contributed by atoms with Crippen molar-refractivity contribution in [1.29, 1.82) is 0 Å². The lowest BCUT2D eigenvalue weighted by Gasteiger charge is -2.36. The number of rotatable bonds is 4. The third-order valence-electron chi connectivity index (χ3n) is 4.65. The maximum Gasteiger partial charge on any atom is 0.176 e. The van der Waals surface area contributed by atoms with Crippen LogP contribution in [-0.2, 0) is 0 Å². The molecule has 0 radical (unpaired) electrons. The predicted octanol–water partition coefficient (Wildman–Crippen LogP) is 1.29. The topological polar surface area (TPSA) is 69.8 Å². The number of anilines is 1. The third kappa shape index (κ3) is 3.33. The SMILES string of the molecule is Cc1nc2cncc(N3CCN(C[C@@H](O)c4ccccc4)CC3)n2n1. The van der Waals surface area contributed by atoms with E-state index in [4.69, 9.17) is 0 Å². The first kappa shape index (κ1) is 16.0. The zero-order chi connectivity index (χ0) is 17.2. The molecule has 2 aromatic heterocycles. The molecule has 1 N–H and O–H groups in total. The average Bonchev–Trinajstić information content (AvgIpc) is 3.03. The van der Waals surface area contributed by atoms with E-state index in [9.17, 15) is 5.11 Å². The second-order valence-electron chi connectivity index (χ2n) is 6.41. The van der Waals surface area contributed by atoms with Gasteiger partial charge in [-0.05, 0) is 12.5 Å². The third-order valence-corrected chi connectivity index (χ3v) is 4.65. The van der Waals surface area contributed by atoms with Gasteiger partial charge in [0.2, 0.25) is 0 Å². The zero-order valence-electron chi connectivity index (χ0n) is 14.3. The number of aryl methyl sites for hydroxylation is 1. The van der Waals surface area contributed by atoms with Crippen LogP contribution in [0.2, 0.25) is 0 Å². The average molecular weight is 338 g/mol. The van der Waals surface area contributed by atoms with Crippen molar-refractivity contribution in [1.82, 2.24) is 24.5 Å². The van der Waals surface area contributed by atoms with E-state index in [1.807, 2.05) is 48.0 Å². The molecule has 0 amide bonds. The first-order valence-electron chi connectivity index (χ1n) is 8.58. The normalized spacial score (nSPS) is 17.1. The van der Waals surface area contributed by atoms with Crippen LogP contribution in [0.3, 0.4) is 0 Å². The largest absolute Gasteiger partial charge is 0.387 e. The van der Waals surface area contributed by atoms with E-state index in [0.29, 0.717) is 6.54 Å². The Morgan fingerprint density at radius 3 is 2.60 bits per heavy atom. The lowest BCUT2D eigenvalue weighted by atomic mass is 10.1. The number of benzene rings is 1. The van der Waals surface area contributed by atoms with Crippen molar-refractivity contribution in [3.8, 4) is 0 Å². The van der Waals surface area contributed by atoms with Crippen molar-refractivity contribution in [2.24, 2.45) is 0 Å². The van der Waals surface area contributed by atoms with Gasteiger partial charge in [0.25, 0.3) is 0 Å². The molecule has 130 valence electrons. The van der Waals surface area contributed by atoms with Crippen LogP contribution in [0.15, 0.2) is 42.7 Å². The van der Waals surface area contributed by atoms with Gasteiger partial charge in [0.05, 0.1) is 18.5 Å². The summed E-state index contributed by atoms with van der Waals surface area (Å²) in [6, 6.07) is 9.84. The van der Waals surface area contributed by atoms with Crippen LogP contribution in [0.25, 0.3) is 5.65 Å². The molecule has 4 rings (SSSR count). The van der Waals surface area contributed by atoms with Crippen molar-refractivity contribution in [2.75, 3.05) is 37.6 Å². The number of hydrogen-bond acceptors (Lipinski definition) is 6. The molecule has 1 fully saturated rings. The second-order valence-corrected chi connectivity index (χ2v) is 6.41. The Hall–Kier alpha value is -2.51. The summed E-state index contributed by atoms with van der Waals surface area (Å²) < 4.78 is 1.86. The molecule has 1 aliphatic rings. The first-order chi connectivity index (χ1) is 12.2. The molecule has 7 nitrogen and oxygen atoms in total. The molecule has 0 unspecified atom stereocenters. The highest BCUT2D eigenvalue weighted by Crippen LogP contribution is 2.19. The molecule has 0 saturated carbocycles. The Labute approximate surface area is 146 Å². The molecule has 0 aliphatic carbocycles. The van der Waals surface area contributed by atoms with Crippen LogP contribution in [0, 0.1) is 6.92 Å². The van der Waals surface area contributed by atoms with Gasteiger partial charge in [-0.1, -0.05) is 30.3 Å². The van der Waals surface area contributed by atoms with Crippen LogP contribution < -0.4 is 4.90 Å². The highest BCUT2D eigenvalue weighted by molar-refractivity contribution is 5.47. The van der Waals surface area contributed by atoms with Crippen molar-refractivity contribution in [2.45, 2.75) is 13.0 Å². The fraction of sp³-hybridized carbons (Fsp3) is 0.389. The van der Waals surface area contributed by atoms with Gasteiger partial charge in [-0.25, -0.2) is 4.98 Å². The van der Waals surface area contributed by atoms with Gasteiger partial charge in [0.1, 0.15) is 5.82 Å². The summed E-state index contributed by atoms with van der Waals surface area (Å²) in [6.45, 7) is 6.09. The van der Waals surface area contributed by atoms with E-state index >= 15 is 0 Å². The summed E-state index contributed by atoms with van der Waals surface area (Å²) in [5, 5.41) is 14.9. The second kappa shape index (κ2) is 6.78. The highest BCUT2D eigenvalue weighted by Gasteiger charge is 2.22. The van der Waals surface area contributed by atoms with E-state index < -0.39 is 6.10 Å². The molecular weight excluding hydrogens is 316 g/mol. The first-order valence-corrected chi connectivity index (χ1v) is 8.58. The smallest absolute Gasteiger partial charge is 0.176 e. The maximum absolute atomic E-state index is 10.4. The summed E-state index contributed by atoms with van der Waals surface area (Å²) in [4.78, 5) is 13.2. The summed E-state index contributed by atoms with van der Waals surface area (Å²) in [5.41, 5.74) is 1.74. The van der Waals surface area contributed by atoms with Crippen LogP contribution in [-0.4, -0.2) is 62.3 Å². The van der Waals surface area contributed by atoms with Gasteiger partial charge < -0.3 is 10.0 Å². The quantitative estimate of drug-likeness (QED) is 0.773. The molecule has 3 heterocycles. The van der Waals surface area contributed by atoms with Gasteiger partial charge >= 0.3 is 0 Å². The predicted molar refractivity (Wildman–Crippen MR) is 95.6 cm³/mol. The Kier molecular flexibility index (Phi) is 4.33. The van der Waals surface area contributed by atoms with Gasteiger partial charge in [-0.15, -0.1) is 5.10 Å². The molecule has 3 aromatic rings. The standard InChI is InChI=1S/C18H22N6O/c1-14-20-17-11-19-12-18(24(17)21-14)23-9-7-22(8-10-23)13-16(25)15-5-3-2-4-6-15/h2-6,11-12,16,25H,7-10,13H2,1H3/t16-/m1/s1. The Morgan fingerprint density at radius 2 is 1.84 bits per heavy atom.